The Morgan fingerprint density at radius 2 is 2.21 bits per heavy atom. The van der Waals surface area contributed by atoms with Crippen LogP contribution >= 0.6 is 0 Å². The summed E-state index contributed by atoms with van der Waals surface area (Å²) in [5.74, 6) is -0.791. The number of anilines is 1. The average Bonchev–Trinajstić information content (AvgIpc) is 2.86. The largest absolute Gasteiger partial charge is 0.481 e. The van der Waals surface area contributed by atoms with Crippen molar-refractivity contribution in [3.8, 4) is 0 Å². The van der Waals surface area contributed by atoms with E-state index in [0.29, 0.717) is 11.4 Å². The highest BCUT2D eigenvalue weighted by Gasteiger charge is 2.09. The number of carboxylic acid groups (broad SMARTS) is 1. The second kappa shape index (κ2) is 5.76. The van der Waals surface area contributed by atoms with Crippen LogP contribution in [0.25, 0.3) is 0 Å². The lowest BCUT2D eigenvalue weighted by atomic mass is 10.3. The molecule has 0 unspecified atom stereocenters. The van der Waals surface area contributed by atoms with Gasteiger partial charge in [0.25, 0.3) is 5.91 Å². The van der Waals surface area contributed by atoms with Crippen LogP contribution in [0.3, 0.4) is 0 Å². The van der Waals surface area contributed by atoms with Crippen molar-refractivity contribution in [2.24, 2.45) is 0 Å². The molecule has 0 aliphatic heterocycles. The lowest BCUT2D eigenvalue weighted by Gasteiger charge is -2.01. The van der Waals surface area contributed by atoms with Crippen LogP contribution < -0.4 is 5.32 Å². The van der Waals surface area contributed by atoms with Gasteiger partial charge in [0, 0.05) is 12.4 Å². The predicted octanol–water partition coefficient (Wildman–Crippen LogP) is 1.01. The first kappa shape index (κ1) is 12.7. The molecule has 0 fully saturated rings. The van der Waals surface area contributed by atoms with E-state index in [4.69, 9.17) is 5.11 Å². The summed E-state index contributed by atoms with van der Waals surface area (Å²) in [5.41, 5.74) is 0.357. The molecule has 0 spiro atoms. The van der Waals surface area contributed by atoms with Gasteiger partial charge >= 0.3 is 5.97 Å². The molecule has 0 saturated heterocycles. The molecule has 0 radical (unpaired) electrons. The summed E-state index contributed by atoms with van der Waals surface area (Å²) in [6.45, 7) is 0.228. The zero-order valence-corrected chi connectivity index (χ0v) is 9.98. The molecule has 2 aromatic heterocycles. The van der Waals surface area contributed by atoms with E-state index in [1.165, 1.54) is 17.1 Å². The van der Waals surface area contributed by atoms with Crippen molar-refractivity contribution in [3.63, 3.8) is 0 Å². The number of carboxylic acids is 1. The molecule has 7 heteroatoms. The number of nitrogens with one attached hydrogen (secondary N) is 1. The highest BCUT2D eigenvalue weighted by Crippen LogP contribution is 2.05. The lowest BCUT2D eigenvalue weighted by molar-refractivity contribution is -0.137. The Balaban J connectivity index is 1.98. The standard InChI is InChI=1S/C12H12N4O3/c17-11(18)4-6-16-8-9(7-14-16)12(19)15-10-3-1-2-5-13-10/h1-3,5,7-8H,4,6H2,(H,17,18)(H,13,15,19). The minimum absolute atomic E-state index is 0.0387. The summed E-state index contributed by atoms with van der Waals surface area (Å²) in [6, 6.07) is 5.19. The van der Waals surface area contributed by atoms with Crippen molar-refractivity contribution in [3.05, 3.63) is 42.4 Å². The molecular weight excluding hydrogens is 248 g/mol. The predicted molar refractivity (Wildman–Crippen MR) is 66.7 cm³/mol. The molecule has 2 rings (SSSR count). The van der Waals surface area contributed by atoms with E-state index < -0.39 is 5.97 Å². The third kappa shape index (κ3) is 3.63. The van der Waals surface area contributed by atoms with Gasteiger partial charge in [-0.05, 0) is 12.1 Å². The number of hydrogen-bond acceptors (Lipinski definition) is 4. The molecule has 98 valence electrons. The smallest absolute Gasteiger partial charge is 0.305 e. The van der Waals surface area contributed by atoms with Crippen LogP contribution in [-0.2, 0) is 11.3 Å². The molecule has 0 bridgehead atoms. The fourth-order valence-corrected chi connectivity index (χ4v) is 1.44. The Hall–Kier alpha value is -2.70. The quantitative estimate of drug-likeness (QED) is 0.836. The van der Waals surface area contributed by atoms with Crippen LogP contribution in [0.4, 0.5) is 5.82 Å². The molecule has 0 aliphatic carbocycles. The number of rotatable bonds is 5. The van der Waals surface area contributed by atoms with Crippen molar-refractivity contribution >= 4 is 17.7 Å². The highest BCUT2D eigenvalue weighted by molar-refractivity contribution is 6.03. The molecule has 2 aromatic rings. The van der Waals surface area contributed by atoms with E-state index in [-0.39, 0.29) is 18.9 Å². The molecule has 1 amide bonds. The van der Waals surface area contributed by atoms with Crippen LogP contribution in [0.2, 0.25) is 0 Å². The second-order valence-corrected chi connectivity index (χ2v) is 3.80. The summed E-state index contributed by atoms with van der Waals surface area (Å²) >= 11 is 0. The maximum absolute atomic E-state index is 11.8. The molecule has 2 heterocycles. The topological polar surface area (TPSA) is 97.1 Å². The van der Waals surface area contributed by atoms with Gasteiger partial charge < -0.3 is 10.4 Å². The zero-order valence-electron chi connectivity index (χ0n) is 9.98. The number of aromatic nitrogens is 3. The Morgan fingerprint density at radius 3 is 2.89 bits per heavy atom. The average molecular weight is 260 g/mol. The molecular formula is C12H12N4O3. The first-order chi connectivity index (χ1) is 9.15. The summed E-state index contributed by atoms with van der Waals surface area (Å²) < 4.78 is 1.42. The fraction of sp³-hybridized carbons (Fsp3) is 0.167. The zero-order chi connectivity index (χ0) is 13.7. The van der Waals surface area contributed by atoms with E-state index in [1.54, 1.807) is 24.4 Å². The summed E-state index contributed by atoms with van der Waals surface area (Å²) in [5, 5.41) is 15.1. The van der Waals surface area contributed by atoms with E-state index in [0.717, 1.165) is 0 Å². The molecule has 0 saturated carbocycles. The van der Waals surface area contributed by atoms with Gasteiger partial charge in [0.1, 0.15) is 5.82 Å². The van der Waals surface area contributed by atoms with Gasteiger partial charge in [0.15, 0.2) is 0 Å². The van der Waals surface area contributed by atoms with Gasteiger partial charge in [0.05, 0.1) is 24.7 Å². The monoisotopic (exact) mass is 260 g/mol. The minimum Gasteiger partial charge on any atom is -0.481 e. The molecule has 0 atom stereocenters. The maximum Gasteiger partial charge on any atom is 0.305 e. The molecule has 19 heavy (non-hydrogen) atoms. The van der Waals surface area contributed by atoms with Crippen molar-refractivity contribution < 1.29 is 14.7 Å². The third-order valence-electron chi connectivity index (χ3n) is 2.36. The number of amides is 1. The Kier molecular flexibility index (Phi) is 3.87. The van der Waals surface area contributed by atoms with Gasteiger partial charge in [-0.25, -0.2) is 4.98 Å². The van der Waals surface area contributed by atoms with Crippen molar-refractivity contribution in [1.29, 1.82) is 0 Å². The fourth-order valence-electron chi connectivity index (χ4n) is 1.44. The Morgan fingerprint density at radius 1 is 1.37 bits per heavy atom. The summed E-state index contributed by atoms with van der Waals surface area (Å²) in [7, 11) is 0. The summed E-state index contributed by atoms with van der Waals surface area (Å²) in [6.07, 6.45) is 4.43. The van der Waals surface area contributed by atoms with Crippen LogP contribution in [0.5, 0.6) is 0 Å². The van der Waals surface area contributed by atoms with Crippen LogP contribution in [0.15, 0.2) is 36.8 Å². The number of carbonyl (C=O) groups excluding carboxylic acids is 1. The SMILES string of the molecule is O=C(O)CCn1cc(C(=O)Nc2ccccn2)cn1. The first-order valence-electron chi connectivity index (χ1n) is 5.62. The van der Waals surface area contributed by atoms with Crippen molar-refractivity contribution in [2.45, 2.75) is 13.0 Å². The van der Waals surface area contributed by atoms with Gasteiger partial charge in [-0.15, -0.1) is 0 Å². The van der Waals surface area contributed by atoms with Gasteiger partial charge in [-0.1, -0.05) is 6.07 Å². The van der Waals surface area contributed by atoms with Gasteiger partial charge in [-0.3, -0.25) is 14.3 Å². The van der Waals surface area contributed by atoms with Crippen molar-refractivity contribution in [1.82, 2.24) is 14.8 Å². The maximum atomic E-state index is 11.8. The van der Waals surface area contributed by atoms with Gasteiger partial charge in [0.2, 0.25) is 0 Å². The molecule has 2 N–H and O–H groups in total. The van der Waals surface area contributed by atoms with E-state index in [2.05, 4.69) is 15.4 Å². The number of carbonyl (C=O) groups is 2. The first-order valence-corrected chi connectivity index (χ1v) is 5.62. The number of pyridine rings is 1. The van der Waals surface area contributed by atoms with Crippen LogP contribution in [0.1, 0.15) is 16.8 Å². The van der Waals surface area contributed by atoms with E-state index >= 15 is 0 Å². The molecule has 7 nitrogen and oxygen atoms in total. The normalized spacial score (nSPS) is 10.1. The van der Waals surface area contributed by atoms with Crippen LogP contribution in [0, 0.1) is 0 Å². The molecule has 0 aromatic carbocycles. The lowest BCUT2D eigenvalue weighted by Crippen LogP contribution is -2.12. The van der Waals surface area contributed by atoms with Crippen LogP contribution in [-0.4, -0.2) is 31.7 Å². The third-order valence-corrected chi connectivity index (χ3v) is 2.36. The summed E-state index contributed by atoms with van der Waals surface area (Å²) in [4.78, 5) is 26.2. The van der Waals surface area contributed by atoms with E-state index in [9.17, 15) is 9.59 Å². The Labute approximate surface area is 108 Å². The van der Waals surface area contributed by atoms with E-state index in [1.807, 2.05) is 0 Å². The van der Waals surface area contributed by atoms with Gasteiger partial charge in [-0.2, -0.15) is 5.10 Å². The number of aryl methyl sites for hydroxylation is 1. The minimum atomic E-state index is -0.907. The highest BCUT2D eigenvalue weighted by atomic mass is 16.4. The number of aliphatic carboxylic acids is 1. The Bertz CT molecular complexity index is 580. The number of nitrogens with zero attached hydrogens (tertiary/aromatic N) is 3. The number of hydrogen-bond donors (Lipinski definition) is 2. The van der Waals surface area contributed by atoms with Crippen molar-refractivity contribution in [2.75, 3.05) is 5.32 Å². The second-order valence-electron chi connectivity index (χ2n) is 3.80. The molecule has 0 aliphatic rings.